The van der Waals surface area contributed by atoms with Crippen molar-refractivity contribution in [3.63, 3.8) is 0 Å². The van der Waals surface area contributed by atoms with Crippen LogP contribution in [0.5, 0.6) is 0 Å². The highest BCUT2D eigenvalue weighted by Crippen LogP contribution is 2.27. The third-order valence-electron chi connectivity index (χ3n) is 3.50. The Labute approximate surface area is 108 Å². The number of anilines is 1. The van der Waals surface area contributed by atoms with E-state index in [0.717, 1.165) is 5.69 Å². The summed E-state index contributed by atoms with van der Waals surface area (Å²) in [6.45, 7) is 5.39. The summed E-state index contributed by atoms with van der Waals surface area (Å²) >= 11 is 0. The number of urea groups is 1. The Morgan fingerprint density at radius 3 is 2.67 bits per heavy atom. The molecule has 1 aromatic carbocycles. The van der Waals surface area contributed by atoms with Gasteiger partial charge in [-0.1, -0.05) is 32.0 Å². The number of nitrogens with zero attached hydrogens (tertiary/aromatic N) is 2. The van der Waals surface area contributed by atoms with Crippen LogP contribution >= 0.6 is 0 Å². The number of carbonyl (C=O) groups excluding carboxylic acids is 1. The number of carbonyl (C=O) groups is 1. The maximum atomic E-state index is 12.2. The van der Waals surface area contributed by atoms with E-state index in [4.69, 9.17) is 5.73 Å². The lowest BCUT2D eigenvalue weighted by Crippen LogP contribution is -2.50. The second-order valence-corrected chi connectivity index (χ2v) is 5.29. The van der Waals surface area contributed by atoms with Crippen molar-refractivity contribution in [2.75, 3.05) is 18.5 Å². The molecule has 4 heteroatoms. The quantitative estimate of drug-likeness (QED) is 0.888. The molecule has 1 heterocycles. The first-order valence-electron chi connectivity index (χ1n) is 6.37. The molecular formula is C14H21N3O. The monoisotopic (exact) mass is 247 g/mol. The van der Waals surface area contributed by atoms with E-state index >= 15 is 0 Å². The summed E-state index contributed by atoms with van der Waals surface area (Å²) in [7, 11) is 1.83. The molecule has 98 valence electrons. The number of hydrogen-bond donors (Lipinski definition) is 1. The minimum Gasteiger partial charge on any atom is -0.326 e. The Kier molecular flexibility index (Phi) is 3.57. The van der Waals surface area contributed by atoms with Crippen LogP contribution in [0.1, 0.15) is 19.4 Å². The average molecular weight is 247 g/mol. The average Bonchev–Trinajstić information content (AvgIpc) is 2.34. The highest BCUT2D eigenvalue weighted by atomic mass is 16.2. The summed E-state index contributed by atoms with van der Waals surface area (Å²) < 4.78 is 0. The van der Waals surface area contributed by atoms with E-state index in [2.05, 4.69) is 19.9 Å². The predicted octanol–water partition coefficient (Wildman–Crippen LogP) is 2.04. The van der Waals surface area contributed by atoms with Gasteiger partial charge in [0.2, 0.25) is 0 Å². The number of hydrogen-bond acceptors (Lipinski definition) is 2. The maximum absolute atomic E-state index is 12.2. The second-order valence-electron chi connectivity index (χ2n) is 5.29. The molecule has 0 fully saturated rings. The molecule has 1 atom stereocenters. The molecule has 2 amide bonds. The molecule has 4 nitrogen and oxygen atoms in total. The first-order valence-corrected chi connectivity index (χ1v) is 6.37. The van der Waals surface area contributed by atoms with Crippen molar-refractivity contribution >= 4 is 11.7 Å². The van der Waals surface area contributed by atoms with E-state index in [9.17, 15) is 4.79 Å². The van der Waals surface area contributed by atoms with E-state index in [0.29, 0.717) is 19.0 Å². The normalized spacial score (nSPS) is 17.1. The molecular weight excluding hydrogens is 226 g/mol. The summed E-state index contributed by atoms with van der Waals surface area (Å²) in [6.07, 6.45) is 0. The van der Waals surface area contributed by atoms with Gasteiger partial charge < -0.3 is 10.6 Å². The van der Waals surface area contributed by atoms with Gasteiger partial charge in [-0.15, -0.1) is 0 Å². The maximum Gasteiger partial charge on any atom is 0.324 e. The number of nitrogens with two attached hydrogens (primary N) is 1. The largest absolute Gasteiger partial charge is 0.326 e. The van der Waals surface area contributed by atoms with Crippen molar-refractivity contribution < 1.29 is 4.79 Å². The van der Waals surface area contributed by atoms with E-state index < -0.39 is 0 Å². The fraction of sp³-hybridized carbons (Fsp3) is 0.500. The van der Waals surface area contributed by atoms with Crippen LogP contribution in [0, 0.1) is 5.92 Å². The van der Waals surface area contributed by atoms with Crippen LogP contribution in [0.4, 0.5) is 10.5 Å². The molecule has 0 aromatic heterocycles. The van der Waals surface area contributed by atoms with Crippen molar-refractivity contribution in [3.05, 3.63) is 29.8 Å². The molecule has 0 spiro atoms. The SMILES string of the molecule is CC(C)C(N)CN1C(=O)N(C)Cc2ccccc21. The van der Waals surface area contributed by atoms with Crippen LogP contribution in [-0.4, -0.2) is 30.6 Å². The number of benzene rings is 1. The molecule has 0 radical (unpaired) electrons. The summed E-state index contributed by atoms with van der Waals surface area (Å²) in [6, 6.07) is 8.05. The fourth-order valence-electron chi connectivity index (χ4n) is 2.14. The Balaban J connectivity index is 2.30. The van der Waals surface area contributed by atoms with Gasteiger partial charge in [-0.25, -0.2) is 4.79 Å². The standard InChI is InChI=1S/C14H21N3O/c1-10(2)12(15)9-17-13-7-5-4-6-11(13)8-16(3)14(17)18/h4-7,10,12H,8-9,15H2,1-3H3. The third kappa shape index (κ3) is 2.34. The van der Waals surface area contributed by atoms with Crippen LogP contribution in [-0.2, 0) is 6.54 Å². The molecule has 1 aliphatic heterocycles. The van der Waals surface area contributed by atoms with E-state index in [1.807, 2.05) is 25.2 Å². The molecule has 1 aliphatic rings. The lowest BCUT2D eigenvalue weighted by atomic mass is 10.0. The van der Waals surface area contributed by atoms with Gasteiger partial charge in [0.25, 0.3) is 0 Å². The zero-order valence-electron chi connectivity index (χ0n) is 11.3. The molecule has 1 aromatic rings. The summed E-state index contributed by atoms with van der Waals surface area (Å²) in [4.78, 5) is 15.8. The van der Waals surface area contributed by atoms with Crippen LogP contribution in [0.3, 0.4) is 0 Å². The predicted molar refractivity (Wildman–Crippen MR) is 73.5 cm³/mol. The topological polar surface area (TPSA) is 49.6 Å². The van der Waals surface area contributed by atoms with Crippen molar-refractivity contribution in [3.8, 4) is 0 Å². The van der Waals surface area contributed by atoms with Gasteiger partial charge >= 0.3 is 6.03 Å². The minimum atomic E-state index is -0.00601. The van der Waals surface area contributed by atoms with Crippen LogP contribution in [0.25, 0.3) is 0 Å². The Morgan fingerprint density at radius 2 is 2.00 bits per heavy atom. The molecule has 0 saturated carbocycles. The van der Waals surface area contributed by atoms with Gasteiger partial charge in [0.05, 0.1) is 5.69 Å². The first-order chi connectivity index (χ1) is 8.50. The van der Waals surface area contributed by atoms with E-state index in [1.165, 1.54) is 5.56 Å². The Bertz CT molecular complexity index is 444. The van der Waals surface area contributed by atoms with Crippen LogP contribution < -0.4 is 10.6 Å². The third-order valence-corrected chi connectivity index (χ3v) is 3.50. The van der Waals surface area contributed by atoms with Gasteiger partial charge in [-0.3, -0.25) is 4.90 Å². The van der Waals surface area contributed by atoms with Crippen LogP contribution in [0.2, 0.25) is 0 Å². The van der Waals surface area contributed by atoms with E-state index in [-0.39, 0.29) is 12.1 Å². The van der Waals surface area contributed by atoms with Gasteiger partial charge in [0.15, 0.2) is 0 Å². The zero-order chi connectivity index (χ0) is 13.3. The van der Waals surface area contributed by atoms with Gasteiger partial charge in [-0.2, -0.15) is 0 Å². The zero-order valence-corrected chi connectivity index (χ0v) is 11.3. The second kappa shape index (κ2) is 4.98. The van der Waals surface area contributed by atoms with Crippen molar-refractivity contribution in [1.29, 1.82) is 0 Å². The van der Waals surface area contributed by atoms with Crippen molar-refractivity contribution in [1.82, 2.24) is 4.90 Å². The number of para-hydroxylation sites is 1. The minimum absolute atomic E-state index is 0.00601. The van der Waals surface area contributed by atoms with Crippen molar-refractivity contribution in [2.24, 2.45) is 11.7 Å². The molecule has 0 aliphatic carbocycles. The Hall–Kier alpha value is -1.55. The number of rotatable bonds is 3. The van der Waals surface area contributed by atoms with Gasteiger partial charge in [-0.05, 0) is 17.5 Å². The van der Waals surface area contributed by atoms with Crippen molar-refractivity contribution in [2.45, 2.75) is 26.4 Å². The van der Waals surface area contributed by atoms with E-state index in [1.54, 1.807) is 9.80 Å². The highest BCUT2D eigenvalue weighted by Gasteiger charge is 2.29. The van der Waals surface area contributed by atoms with Gasteiger partial charge in [0.1, 0.15) is 0 Å². The molecule has 18 heavy (non-hydrogen) atoms. The summed E-state index contributed by atoms with van der Waals surface area (Å²) in [5.41, 5.74) is 8.27. The van der Waals surface area contributed by atoms with Gasteiger partial charge in [0, 0.05) is 26.2 Å². The molecule has 1 unspecified atom stereocenters. The molecule has 0 bridgehead atoms. The smallest absolute Gasteiger partial charge is 0.324 e. The number of fused-ring (bicyclic) bond motifs is 1. The fourth-order valence-corrected chi connectivity index (χ4v) is 2.14. The Morgan fingerprint density at radius 1 is 1.33 bits per heavy atom. The molecule has 0 saturated heterocycles. The summed E-state index contributed by atoms with van der Waals surface area (Å²) in [5, 5.41) is 0. The molecule has 2 N–H and O–H groups in total. The first kappa shape index (κ1) is 12.9. The lowest BCUT2D eigenvalue weighted by molar-refractivity contribution is 0.209. The van der Waals surface area contributed by atoms with Crippen LogP contribution in [0.15, 0.2) is 24.3 Å². The number of amides is 2. The highest BCUT2D eigenvalue weighted by molar-refractivity contribution is 5.94. The lowest BCUT2D eigenvalue weighted by Gasteiger charge is -2.37. The summed E-state index contributed by atoms with van der Waals surface area (Å²) in [5.74, 6) is 0.359. The molecule has 2 rings (SSSR count).